The Kier molecular flexibility index (Phi) is 132. The van der Waals surface area contributed by atoms with E-state index in [2.05, 4.69) is 15.7 Å². The van der Waals surface area contributed by atoms with Crippen molar-refractivity contribution < 1.29 is 25.0 Å². The van der Waals surface area contributed by atoms with Crippen LogP contribution in [0, 0.1) is 0 Å². The molecule has 0 heterocycles. The standard InChI is InChI=1S/Co.Na.H2O.O.H/h;;1H2;;. The Balaban J connectivity index is -0.00000000500. The van der Waals surface area contributed by atoms with E-state index < -0.39 is 0 Å². The van der Waals surface area contributed by atoms with Crippen molar-refractivity contribution >= 4 is 29.6 Å². The summed E-state index contributed by atoms with van der Waals surface area (Å²) in [5, 5.41) is 0. The number of hydrogen-bond donors (Lipinski definition) is 0. The molecule has 2 nitrogen and oxygen atoms in total. The molecular weight excluding hydrogens is 114 g/mol. The molecule has 0 rings (SSSR count). The van der Waals surface area contributed by atoms with Crippen LogP contribution in [-0.4, -0.2) is 35.0 Å². The Hall–Kier alpha value is 1.27. The molecule has 0 aromatic rings. The second-order valence-electron chi connectivity index (χ2n) is 0. The van der Waals surface area contributed by atoms with Crippen LogP contribution in [0.5, 0.6) is 0 Å². The zero-order chi connectivity index (χ0) is 2.00. The second kappa shape index (κ2) is 28.4. The summed E-state index contributed by atoms with van der Waals surface area (Å²) >= 11 is 2.31. The fraction of sp³-hybridized carbons (Fsp3) is 0. The van der Waals surface area contributed by atoms with E-state index in [1.165, 1.54) is 0 Å². The first-order chi connectivity index (χ1) is 1.00. The molecule has 0 aromatic heterocycles. The third-order valence-electron chi connectivity index (χ3n) is 0. The molecular formula is H3CoNaO2. The molecule has 0 saturated heterocycles. The molecule has 0 unspecified atom stereocenters. The quantitative estimate of drug-likeness (QED) is 0.352. The summed E-state index contributed by atoms with van der Waals surface area (Å²) in [6, 6.07) is 0. The van der Waals surface area contributed by atoms with Gasteiger partial charge in [0.05, 0.1) is 0 Å². The van der Waals surface area contributed by atoms with Crippen LogP contribution in [0.4, 0.5) is 0 Å². The van der Waals surface area contributed by atoms with E-state index in [4.69, 9.17) is 3.87 Å². The summed E-state index contributed by atoms with van der Waals surface area (Å²) in [7, 11) is 0. The maximum atomic E-state index is 7.94. The van der Waals surface area contributed by atoms with E-state index in [0.29, 0.717) is 0 Å². The normalized spacial score (nSPS) is 1.25. The predicted octanol–water partition coefficient (Wildman–Crippen LogP) is -1.59. The van der Waals surface area contributed by atoms with Gasteiger partial charge in [-0.25, -0.2) is 0 Å². The third kappa shape index (κ3) is 10.5. The van der Waals surface area contributed by atoms with Gasteiger partial charge in [-0.3, -0.25) is 0 Å². The van der Waals surface area contributed by atoms with Gasteiger partial charge in [0, 0.05) is 0 Å². The molecule has 0 radical (unpaired) electrons. The predicted molar refractivity (Wildman–Crippen MR) is 11.4 cm³/mol. The first-order valence-corrected chi connectivity index (χ1v) is 0.561. The van der Waals surface area contributed by atoms with Crippen molar-refractivity contribution in [3.63, 3.8) is 0 Å². The second-order valence-corrected chi connectivity index (χ2v) is 0. The zero-order valence-electron chi connectivity index (χ0n) is 1.24. The Morgan fingerprint density at radius 2 is 1.25 bits per heavy atom. The summed E-state index contributed by atoms with van der Waals surface area (Å²) in [4.78, 5) is 0. The fourth-order valence-corrected chi connectivity index (χ4v) is 0. The van der Waals surface area contributed by atoms with Crippen molar-refractivity contribution in [2.45, 2.75) is 0 Å². The molecule has 0 aliphatic heterocycles. The van der Waals surface area contributed by atoms with Crippen LogP contribution in [0.15, 0.2) is 0 Å². The molecule has 0 aromatic carbocycles. The van der Waals surface area contributed by atoms with E-state index in [-0.39, 0.29) is 35.0 Å². The minimum atomic E-state index is 0. The van der Waals surface area contributed by atoms with E-state index >= 15 is 0 Å². The van der Waals surface area contributed by atoms with Gasteiger partial charge in [-0.05, 0) is 0 Å². The Labute approximate surface area is 54.3 Å². The van der Waals surface area contributed by atoms with Gasteiger partial charge < -0.3 is 5.48 Å². The molecule has 25 valence electrons. The van der Waals surface area contributed by atoms with Crippen LogP contribution >= 0.6 is 0 Å². The van der Waals surface area contributed by atoms with E-state index in [0.717, 1.165) is 0 Å². The summed E-state index contributed by atoms with van der Waals surface area (Å²) in [6.45, 7) is 0. The summed E-state index contributed by atoms with van der Waals surface area (Å²) < 4.78 is 7.94. The van der Waals surface area contributed by atoms with Crippen LogP contribution in [0.3, 0.4) is 0 Å². The fourth-order valence-electron chi connectivity index (χ4n) is 0. The first-order valence-electron chi connectivity index (χ1n) is 0.136. The van der Waals surface area contributed by atoms with Gasteiger partial charge in [-0.1, -0.05) is 0 Å². The molecule has 4 heteroatoms. The SMILES string of the molecule is O.[NaH].[O]=[Co]. The van der Waals surface area contributed by atoms with Crippen LogP contribution < -0.4 is 0 Å². The van der Waals surface area contributed by atoms with Crippen LogP contribution in [0.1, 0.15) is 0 Å². The average molecular weight is 117 g/mol. The van der Waals surface area contributed by atoms with E-state index in [1.807, 2.05) is 0 Å². The van der Waals surface area contributed by atoms with Gasteiger partial charge >= 0.3 is 49.1 Å². The average Bonchev–Trinajstić information content (AvgIpc) is 1.00. The van der Waals surface area contributed by atoms with Crippen LogP contribution in [0.25, 0.3) is 0 Å². The van der Waals surface area contributed by atoms with Gasteiger partial charge in [-0.15, -0.1) is 0 Å². The van der Waals surface area contributed by atoms with Gasteiger partial charge in [0.25, 0.3) is 0 Å². The van der Waals surface area contributed by atoms with Gasteiger partial charge in [-0.2, -0.15) is 0 Å². The Bertz CT molecular complexity index is 6.00. The zero-order valence-corrected chi connectivity index (χ0v) is 2.28. The summed E-state index contributed by atoms with van der Waals surface area (Å²) in [6.07, 6.45) is 0. The van der Waals surface area contributed by atoms with Crippen molar-refractivity contribution in [1.29, 1.82) is 0 Å². The molecule has 0 bridgehead atoms. The molecule has 0 aliphatic carbocycles. The van der Waals surface area contributed by atoms with Crippen molar-refractivity contribution in [3.8, 4) is 0 Å². The summed E-state index contributed by atoms with van der Waals surface area (Å²) in [5.74, 6) is 0. The monoisotopic (exact) mass is 117 g/mol. The number of rotatable bonds is 0. The third-order valence-corrected chi connectivity index (χ3v) is 0. The molecule has 2 N–H and O–H groups in total. The number of hydrogen-bond acceptors (Lipinski definition) is 1. The molecule has 0 amide bonds. The Morgan fingerprint density at radius 1 is 1.25 bits per heavy atom. The van der Waals surface area contributed by atoms with Crippen molar-refractivity contribution in [3.05, 3.63) is 0 Å². The van der Waals surface area contributed by atoms with Gasteiger partial charge in [0.15, 0.2) is 0 Å². The molecule has 0 aliphatic rings. The van der Waals surface area contributed by atoms with Crippen molar-refractivity contribution in [1.82, 2.24) is 0 Å². The molecule has 4 heavy (non-hydrogen) atoms. The topological polar surface area (TPSA) is 48.6 Å². The summed E-state index contributed by atoms with van der Waals surface area (Å²) in [5.41, 5.74) is 0. The van der Waals surface area contributed by atoms with Crippen LogP contribution in [0.2, 0.25) is 0 Å². The molecule has 0 saturated carbocycles. The van der Waals surface area contributed by atoms with Crippen LogP contribution in [-0.2, 0) is 19.5 Å². The van der Waals surface area contributed by atoms with Crippen molar-refractivity contribution in [2.24, 2.45) is 0 Å². The minimum absolute atomic E-state index is 0. The van der Waals surface area contributed by atoms with Gasteiger partial charge in [0.1, 0.15) is 0 Å². The molecule has 0 spiro atoms. The van der Waals surface area contributed by atoms with Gasteiger partial charge in [0.2, 0.25) is 0 Å². The van der Waals surface area contributed by atoms with E-state index in [9.17, 15) is 0 Å². The molecule has 0 fully saturated rings. The Morgan fingerprint density at radius 3 is 1.25 bits per heavy atom. The van der Waals surface area contributed by atoms with E-state index in [1.54, 1.807) is 0 Å². The first kappa shape index (κ1) is 18.7. The molecule has 0 atom stereocenters. The maximum absolute atomic E-state index is 7.94. The van der Waals surface area contributed by atoms with Crippen molar-refractivity contribution in [2.75, 3.05) is 0 Å².